The van der Waals surface area contributed by atoms with Crippen LogP contribution in [0.4, 0.5) is 17.1 Å². The average molecular weight is 806 g/mol. The van der Waals surface area contributed by atoms with Gasteiger partial charge in [0.15, 0.2) is 0 Å². The molecular weight excluding hydrogens is 767 g/mol. The second-order valence-electron chi connectivity index (χ2n) is 16.0. The Morgan fingerprint density at radius 1 is 0.270 bits per heavy atom. The Balaban J connectivity index is 1.07. The van der Waals surface area contributed by atoms with Gasteiger partial charge in [-0.3, -0.25) is 0 Å². The monoisotopic (exact) mass is 805 g/mol. The lowest BCUT2D eigenvalue weighted by Gasteiger charge is -2.27. The minimum atomic E-state index is 0.842. The number of rotatable bonds is 8. The molecule has 10 aromatic carbocycles. The Kier molecular flexibility index (Phi) is 8.83. The lowest BCUT2D eigenvalue weighted by Crippen LogP contribution is -2.10. The van der Waals surface area contributed by atoms with E-state index in [1.54, 1.807) is 0 Å². The van der Waals surface area contributed by atoms with Crippen LogP contribution < -0.4 is 4.90 Å². The van der Waals surface area contributed by atoms with Gasteiger partial charge in [-0.15, -0.1) is 0 Å². The zero-order valence-corrected chi connectivity index (χ0v) is 34.3. The van der Waals surface area contributed by atoms with Gasteiger partial charge in [0.25, 0.3) is 0 Å². The van der Waals surface area contributed by atoms with E-state index in [0.29, 0.717) is 0 Å². The van der Waals surface area contributed by atoms with Crippen molar-refractivity contribution in [3.8, 4) is 55.6 Å². The first kappa shape index (κ1) is 36.5. The van der Waals surface area contributed by atoms with E-state index in [0.717, 1.165) is 99.9 Å². The molecular formula is C60H39NO2. The zero-order valence-electron chi connectivity index (χ0n) is 34.3. The summed E-state index contributed by atoms with van der Waals surface area (Å²) in [7, 11) is 0. The average Bonchev–Trinajstić information content (AvgIpc) is 3.93. The van der Waals surface area contributed by atoms with E-state index >= 15 is 0 Å². The molecule has 0 amide bonds. The third-order valence-corrected chi connectivity index (χ3v) is 12.3. The Labute approximate surface area is 365 Å². The zero-order chi connectivity index (χ0) is 41.7. The molecule has 0 aliphatic carbocycles. The molecule has 3 heteroatoms. The molecule has 2 heterocycles. The summed E-state index contributed by atoms with van der Waals surface area (Å²) in [4.78, 5) is 2.38. The van der Waals surface area contributed by atoms with Gasteiger partial charge in [-0.25, -0.2) is 0 Å². The normalized spacial score (nSPS) is 11.5. The van der Waals surface area contributed by atoms with E-state index in [-0.39, 0.29) is 0 Å². The summed E-state index contributed by atoms with van der Waals surface area (Å²) in [6.07, 6.45) is 0. The molecule has 0 aliphatic heterocycles. The molecule has 0 fully saturated rings. The molecule has 0 N–H and O–H groups in total. The van der Waals surface area contributed by atoms with E-state index in [9.17, 15) is 0 Å². The third-order valence-electron chi connectivity index (χ3n) is 12.3. The second kappa shape index (κ2) is 15.3. The second-order valence-corrected chi connectivity index (χ2v) is 16.0. The van der Waals surface area contributed by atoms with Crippen molar-refractivity contribution in [3.05, 3.63) is 237 Å². The van der Waals surface area contributed by atoms with Gasteiger partial charge in [-0.1, -0.05) is 170 Å². The van der Waals surface area contributed by atoms with Crippen LogP contribution in [0.25, 0.3) is 99.5 Å². The van der Waals surface area contributed by atoms with Crippen LogP contribution in [0.2, 0.25) is 0 Å². The molecule has 2 aromatic heterocycles. The van der Waals surface area contributed by atoms with E-state index in [1.165, 1.54) is 16.7 Å². The topological polar surface area (TPSA) is 29.5 Å². The molecule has 0 saturated carbocycles. The Bertz CT molecular complexity index is 3590. The van der Waals surface area contributed by atoms with E-state index < -0.39 is 0 Å². The molecule has 296 valence electrons. The van der Waals surface area contributed by atoms with Gasteiger partial charge in [-0.05, 0) is 117 Å². The van der Waals surface area contributed by atoms with Gasteiger partial charge in [0, 0.05) is 33.1 Å². The Morgan fingerprint density at radius 2 is 0.746 bits per heavy atom. The largest absolute Gasteiger partial charge is 0.456 e. The summed E-state index contributed by atoms with van der Waals surface area (Å²) in [6, 6.07) is 83.9. The van der Waals surface area contributed by atoms with Crippen molar-refractivity contribution in [3.63, 3.8) is 0 Å². The van der Waals surface area contributed by atoms with Gasteiger partial charge < -0.3 is 13.7 Å². The summed E-state index contributed by atoms with van der Waals surface area (Å²) in [5.41, 5.74) is 17.9. The lowest BCUT2D eigenvalue weighted by molar-refractivity contribution is 0.669. The van der Waals surface area contributed by atoms with Crippen molar-refractivity contribution in [2.45, 2.75) is 0 Å². The standard InChI is InChI=1S/C60H39NO2/c1-5-15-40(16-6-1)45-27-32-52-54-39-48(31-36-56(54)62-57(52)37-45)61(47-29-25-44(26-30-47)50-24-14-13-23-49(50)42-19-9-3-10-20-42)55-35-34-51(43-21-11-4-12-22-43)60-59(55)53-33-28-46(38-58(53)63-60)41-17-7-2-8-18-41/h1-39H. The van der Waals surface area contributed by atoms with Crippen molar-refractivity contribution < 1.29 is 8.83 Å². The first-order valence-corrected chi connectivity index (χ1v) is 21.4. The fourth-order valence-electron chi connectivity index (χ4n) is 9.24. The SMILES string of the molecule is c1ccc(-c2ccc3c(c2)oc2ccc(N(c4ccc(-c5ccccc5-c5ccccc5)cc4)c4ccc(-c5ccccc5)c5oc6cc(-c7ccccc7)ccc6c45)cc23)cc1. The molecule has 0 spiro atoms. The number of hydrogen-bond donors (Lipinski definition) is 0. The summed E-state index contributed by atoms with van der Waals surface area (Å²) in [6.45, 7) is 0. The van der Waals surface area contributed by atoms with Crippen molar-refractivity contribution in [2.24, 2.45) is 0 Å². The van der Waals surface area contributed by atoms with Crippen molar-refractivity contribution >= 4 is 60.9 Å². The number of hydrogen-bond acceptors (Lipinski definition) is 3. The summed E-state index contributed by atoms with van der Waals surface area (Å²) in [5.74, 6) is 0. The van der Waals surface area contributed by atoms with Crippen LogP contribution in [0.15, 0.2) is 245 Å². The molecule has 63 heavy (non-hydrogen) atoms. The van der Waals surface area contributed by atoms with Crippen LogP contribution >= 0.6 is 0 Å². The highest BCUT2D eigenvalue weighted by Crippen LogP contribution is 2.48. The van der Waals surface area contributed by atoms with Crippen molar-refractivity contribution in [1.82, 2.24) is 0 Å². The maximum Gasteiger partial charge on any atom is 0.145 e. The van der Waals surface area contributed by atoms with Gasteiger partial charge >= 0.3 is 0 Å². The van der Waals surface area contributed by atoms with E-state index in [2.05, 4.69) is 235 Å². The summed E-state index contributed by atoms with van der Waals surface area (Å²) < 4.78 is 13.6. The van der Waals surface area contributed by atoms with Crippen LogP contribution in [0.3, 0.4) is 0 Å². The first-order valence-electron chi connectivity index (χ1n) is 21.4. The molecule has 12 rings (SSSR count). The highest BCUT2D eigenvalue weighted by atomic mass is 16.3. The van der Waals surface area contributed by atoms with Crippen LogP contribution in [-0.2, 0) is 0 Å². The van der Waals surface area contributed by atoms with E-state index in [1.807, 2.05) is 6.07 Å². The summed E-state index contributed by atoms with van der Waals surface area (Å²) in [5, 5.41) is 4.24. The van der Waals surface area contributed by atoms with Gasteiger partial charge in [0.05, 0.1) is 11.1 Å². The quantitative estimate of drug-likeness (QED) is 0.153. The van der Waals surface area contributed by atoms with Crippen molar-refractivity contribution in [1.29, 1.82) is 0 Å². The molecule has 0 radical (unpaired) electrons. The number of benzene rings is 10. The molecule has 12 aromatic rings. The molecule has 0 atom stereocenters. The molecule has 3 nitrogen and oxygen atoms in total. The molecule has 0 bridgehead atoms. The number of nitrogens with zero attached hydrogens (tertiary/aromatic N) is 1. The Hall–Kier alpha value is -8.40. The number of anilines is 3. The van der Waals surface area contributed by atoms with Gasteiger partial charge in [-0.2, -0.15) is 0 Å². The van der Waals surface area contributed by atoms with Crippen LogP contribution in [0.1, 0.15) is 0 Å². The van der Waals surface area contributed by atoms with Gasteiger partial charge in [0.1, 0.15) is 22.3 Å². The Morgan fingerprint density at radius 3 is 1.35 bits per heavy atom. The predicted octanol–water partition coefficient (Wildman–Crippen LogP) is 17.3. The van der Waals surface area contributed by atoms with Gasteiger partial charge in [0.2, 0.25) is 0 Å². The predicted molar refractivity (Wildman–Crippen MR) is 263 cm³/mol. The number of furan rings is 2. The first-order chi connectivity index (χ1) is 31.2. The van der Waals surface area contributed by atoms with Crippen LogP contribution in [0.5, 0.6) is 0 Å². The highest BCUT2D eigenvalue weighted by molar-refractivity contribution is 6.18. The fourth-order valence-corrected chi connectivity index (χ4v) is 9.24. The number of fused-ring (bicyclic) bond motifs is 6. The lowest BCUT2D eigenvalue weighted by atomic mass is 9.94. The maximum absolute atomic E-state index is 7.02. The summed E-state index contributed by atoms with van der Waals surface area (Å²) >= 11 is 0. The van der Waals surface area contributed by atoms with Crippen LogP contribution in [0, 0.1) is 0 Å². The molecule has 0 unspecified atom stereocenters. The minimum absolute atomic E-state index is 0.842. The minimum Gasteiger partial charge on any atom is -0.456 e. The molecule has 0 aliphatic rings. The smallest absolute Gasteiger partial charge is 0.145 e. The third kappa shape index (κ3) is 6.46. The fraction of sp³-hybridized carbons (Fsp3) is 0. The molecule has 0 saturated heterocycles. The highest BCUT2D eigenvalue weighted by Gasteiger charge is 2.24. The maximum atomic E-state index is 7.02. The van der Waals surface area contributed by atoms with Crippen molar-refractivity contribution in [2.75, 3.05) is 4.90 Å². The van der Waals surface area contributed by atoms with E-state index in [4.69, 9.17) is 8.83 Å². The van der Waals surface area contributed by atoms with Crippen LogP contribution in [-0.4, -0.2) is 0 Å².